The topological polar surface area (TPSA) is 76.9 Å². The van der Waals surface area contributed by atoms with Crippen molar-refractivity contribution in [1.29, 1.82) is 0 Å². The summed E-state index contributed by atoms with van der Waals surface area (Å²) in [5.41, 5.74) is 2.41. The number of nitrogens with zero attached hydrogens (tertiary/aromatic N) is 3. The summed E-state index contributed by atoms with van der Waals surface area (Å²) < 4.78 is 27.7. The molecule has 0 aliphatic rings. The smallest absolute Gasteiger partial charge is 0.263 e. The van der Waals surface area contributed by atoms with Crippen LogP contribution in [0.5, 0.6) is 0 Å². The number of hydrogen-bond acceptors (Lipinski definition) is 4. The first-order valence-electron chi connectivity index (χ1n) is 6.56. The van der Waals surface area contributed by atoms with E-state index in [1.807, 2.05) is 0 Å². The van der Waals surface area contributed by atoms with Crippen molar-refractivity contribution in [3.63, 3.8) is 0 Å². The maximum atomic E-state index is 12.6. The van der Waals surface area contributed by atoms with Crippen molar-refractivity contribution in [2.75, 3.05) is 4.72 Å². The second-order valence-electron chi connectivity index (χ2n) is 5.03. The van der Waals surface area contributed by atoms with Gasteiger partial charge in [0.2, 0.25) is 0 Å². The third-order valence-electron chi connectivity index (χ3n) is 3.25. The van der Waals surface area contributed by atoms with E-state index in [0.717, 1.165) is 5.56 Å². The van der Waals surface area contributed by atoms with Crippen molar-refractivity contribution >= 4 is 49.9 Å². The summed E-state index contributed by atoms with van der Waals surface area (Å²) >= 11 is 11.8. The van der Waals surface area contributed by atoms with Gasteiger partial charge < -0.3 is 0 Å². The molecule has 3 aromatic rings. The van der Waals surface area contributed by atoms with Crippen LogP contribution in [-0.2, 0) is 17.1 Å². The summed E-state index contributed by atoms with van der Waals surface area (Å²) in [5, 5.41) is 8.74. The largest absolute Gasteiger partial charge is 0.279 e. The molecule has 23 heavy (non-hydrogen) atoms. The van der Waals surface area contributed by atoms with Crippen molar-refractivity contribution in [3.8, 4) is 0 Å². The van der Waals surface area contributed by atoms with Crippen LogP contribution in [0.25, 0.3) is 11.0 Å². The number of nitrogens with one attached hydrogen (secondary N) is 1. The number of sulfonamides is 1. The maximum Gasteiger partial charge on any atom is 0.263 e. The third kappa shape index (κ3) is 3.12. The van der Waals surface area contributed by atoms with Crippen LogP contribution < -0.4 is 4.72 Å². The van der Waals surface area contributed by atoms with Crippen molar-refractivity contribution in [3.05, 3.63) is 45.9 Å². The molecule has 0 atom stereocenters. The molecule has 0 fully saturated rings. The van der Waals surface area contributed by atoms with Crippen LogP contribution >= 0.6 is 23.2 Å². The summed E-state index contributed by atoms with van der Waals surface area (Å²) in [4.78, 5) is 1.35. The first-order chi connectivity index (χ1) is 10.8. The molecule has 0 amide bonds. The summed E-state index contributed by atoms with van der Waals surface area (Å²) in [5.74, 6) is 0. The molecular formula is C14H12Cl2N4O2S. The molecule has 0 saturated carbocycles. The van der Waals surface area contributed by atoms with E-state index in [9.17, 15) is 8.42 Å². The minimum absolute atomic E-state index is 0.0784. The fourth-order valence-corrected chi connectivity index (χ4v) is 4.05. The van der Waals surface area contributed by atoms with E-state index in [2.05, 4.69) is 14.9 Å². The van der Waals surface area contributed by atoms with Gasteiger partial charge in [-0.05, 0) is 42.8 Å². The molecule has 0 unspecified atom stereocenters. The Morgan fingerprint density at radius 3 is 2.43 bits per heavy atom. The van der Waals surface area contributed by atoms with Gasteiger partial charge in [0.25, 0.3) is 10.0 Å². The average molecular weight is 371 g/mol. The lowest BCUT2D eigenvalue weighted by molar-refractivity contribution is 0.601. The van der Waals surface area contributed by atoms with Crippen LogP contribution in [0.15, 0.2) is 35.2 Å². The first-order valence-corrected chi connectivity index (χ1v) is 8.80. The van der Waals surface area contributed by atoms with Gasteiger partial charge in [-0.1, -0.05) is 23.2 Å². The number of anilines is 1. The van der Waals surface area contributed by atoms with Gasteiger partial charge in [-0.25, -0.2) is 8.42 Å². The maximum absolute atomic E-state index is 12.6. The first kappa shape index (κ1) is 16.0. The molecule has 0 spiro atoms. The van der Waals surface area contributed by atoms with E-state index in [-0.39, 0.29) is 14.9 Å². The number of hydrogen-bond donors (Lipinski definition) is 1. The van der Waals surface area contributed by atoms with E-state index in [1.165, 1.54) is 23.0 Å². The minimum Gasteiger partial charge on any atom is -0.279 e. The van der Waals surface area contributed by atoms with E-state index in [4.69, 9.17) is 23.2 Å². The standard InChI is InChI=1S/C14H12Cl2N4O2S/c1-8-5-12-13(18-20(2)17-12)7-11(8)19-23(21,22)14-6-9(15)3-4-10(14)16/h3-7,19H,1-2H3. The van der Waals surface area contributed by atoms with Crippen LogP contribution in [0, 0.1) is 6.92 Å². The number of fused-ring (bicyclic) bond motifs is 1. The fraction of sp³-hybridized carbons (Fsp3) is 0.143. The highest BCUT2D eigenvalue weighted by molar-refractivity contribution is 7.92. The van der Waals surface area contributed by atoms with Gasteiger partial charge >= 0.3 is 0 Å². The highest BCUT2D eigenvalue weighted by Gasteiger charge is 2.20. The summed E-state index contributed by atoms with van der Waals surface area (Å²) in [6.07, 6.45) is 0. The minimum atomic E-state index is -3.87. The second-order valence-corrected chi connectivity index (χ2v) is 7.52. The van der Waals surface area contributed by atoms with Gasteiger partial charge in [0, 0.05) is 12.1 Å². The summed E-state index contributed by atoms with van der Waals surface area (Å²) in [7, 11) is -2.17. The number of halogens is 2. The van der Waals surface area contributed by atoms with Crippen molar-refractivity contribution in [1.82, 2.24) is 15.0 Å². The summed E-state index contributed by atoms with van der Waals surface area (Å²) in [6.45, 7) is 1.78. The molecule has 0 aliphatic carbocycles. The van der Waals surface area contributed by atoms with Crippen molar-refractivity contribution in [2.24, 2.45) is 7.05 Å². The molecule has 9 heteroatoms. The van der Waals surface area contributed by atoms with Crippen LogP contribution in [0.1, 0.15) is 5.56 Å². The fourth-order valence-electron chi connectivity index (χ4n) is 2.17. The molecule has 120 valence electrons. The average Bonchev–Trinajstić information content (AvgIpc) is 2.80. The molecule has 1 heterocycles. The number of aryl methyl sites for hydroxylation is 2. The molecule has 1 N–H and O–H groups in total. The number of aromatic nitrogens is 3. The zero-order valence-corrected chi connectivity index (χ0v) is 14.5. The Kier molecular flexibility index (Phi) is 3.95. The van der Waals surface area contributed by atoms with Gasteiger partial charge in [0.1, 0.15) is 15.9 Å². The normalized spacial score (nSPS) is 11.8. The molecule has 6 nitrogen and oxygen atoms in total. The highest BCUT2D eigenvalue weighted by Crippen LogP contribution is 2.29. The lowest BCUT2D eigenvalue weighted by Gasteiger charge is -2.11. The van der Waals surface area contributed by atoms with Crippen LogP contribution in [0.3, 0.4) is 0 Å². The SMILES string of the molecule is Cc1cc2nn(C)nc2cc1NS(=O)(=O)c1cc(Cl)ccc1Cl. The Labute approximate surface area is 143 Å². The van der Waals surface area contributed by atoms with Crippen LogP contribution in [0.2, 0.25) is 10.0 Å². The lowest BCUT2D eigenvalue weighted by atomic mass is 10.2. The molecule has 3 rings (SSSR count). The van der Waals surface area contributed by atoms with E-state index < -0.39 is 10.0 Å². The molecule has 0 radical (unpaired) electrons. The Hall–Kier alpha value is -1.83. The van der Waals surface area contributed by atoms with Gasteiger partial charge in [0.15, 0.2) is 0 Å². The molecular weight excluding hydrogens is 359 g/mol. The Morgan fingerprint density at radius 2 is 1.74 bits per heavy atom. The monoisotopic (exact) mass is 370 g/mol. The molecule has 0 saturated heterocycles. The van der Waals surface area contributed by atoms with Gasteiger partial charge in [-0.2, -0.15) is 15.0 Å². The zero-order valence-electron chi connectivity index (χ0n) is 12.2. The Morgan fingerprint density at radius 1 is 1.09 bits per heavy atom. The van der Waals surface area contributed by atoms with E-state index in [0.29, 0.717) is 16.7 Å². The van der Waals surface area contributed by atoms with Crippen molar-refractivity contribution < 1.29 is 8.42 Å². The highest BCUT2D eigenvalue weighted by atomic mass is 35.5. The predicted octanol–water partition coefficient (Wildman–Crippen LogP) is 3.38. The Balaban J connectivity index is 2.06. The third-order valence-corrected chi connectivity index (χ3v) is 5.34. The van der Waals surface area contributed by atoms with Crippen LogP contribution in [-0.4, -0.2) is 23.4 Å². The number of benzene rings is 2. The van der Waals surface area contributed by atoms with Gasteiger partial charge in [-0.3, -0.25) is 4.72 Å². The second kappa shape index (κ2) is 5.67. The Bertz CT molecular complexity index is 1020. The van der Waals surface area contributed by atoms with Gasteiger partial charge in [-0.15, -0.1) is 0 Å². The lowest BCUT2D eigenvalue weighted by Crippen LogP contribution is -2.14. The van der Waals surface area contributed by atoms with Gasteiger partial charge in [0.05, 0.1) is 10.7 Å². The molecule has 1 aromatic heterocycles. The van der Waals surface area contributed by atoms with E-state index in [1.54, 1.807) is 26.1 Å². The summed E-state index contributed by atoms with van der Waals surface area (Å²) in [6, 6.07) is 7.67. The predicted molar refractivity (Wildman–Crippen MR) is 90.5 cm³/mol. The molecule has 0 bridgehead atoms. The molecule has 2 aromatic carbocycles. The number of rotatable bonds is 3. The van der Waals surface area contributed by atoms with Crippen LogP contribution in [0.4, 0.5) is 5.69 Å². The van der Waals surface area contributed by atoms with E-state index >= 15 is 0 Å². The molecule has 0 aliphatic heterocycles. The van der Waals surface area contributed by atoms with Crippen molar-refractivity contribution in [2.45, 2.75) is 11.8 Å². The quantitative estimate of drug-likeness (QED) is 0.766. The zero-order chi connectivity index (χ0) is 16.8.